The zero-order valence-electron chi connectivity index (χ0n) is 11.9. The van der Waals surface area contributed by atoms with Gasteiger partial charge in [-0.3, -0.25) is 0 Å². The second kappa shape index (κ2) is 5.68. The first-order valence-corrected chi connectivity index (χ1v) is 7.68. The molecule has 0 radical (unpaired) electrons. The zero-order chi connectivity index (χ0) is 13.2. The smallest absolute Gasteiger partial charge is 0.116 e. The average molecular weight is 268 g/mol. The molecule has 0 spiro atoms. The van der Waals surface area contributed by atoms with Gasteiger partial charge in [-0.1, -0.05) is 6.92 Å². The fourth-order valence-electron chi connectivity index (χ4n) is 2.71. The van der Waals surface area contributed by atoms with Crippen LogP contribution in [0.25, 0.3) is 0 Å². The number of methoxy groups -OCH3 is 1. The first kappa shape index (κ1) is 14.0. The van der Waals surface area contributed by atoms with Crippen molar-refractivity contribution in [3.8, 4) is 0 Å². The predicted molar refractivity (Wildman–Crippen MR) is 76.3 cm³/mol. The molecule has 4 heteroatoms. The third-order valence-electron chi connectivity index (χ3n) is 3.56. The maximum absolute atomic E-state index is 5.46. The summed E-state index contributed by atoms with van der Waals surface area (Å²) in [5.74, 6) is 0. The summed E-state index contributed by atoms with van der Waals surface area (Å²) < 4.78 is 5.46. The summed E-state index contributed by atoms with van der Waals surface area (Å²) in [5, 5.41) is 4.89. The van der Waals surface area contributed by atoms with Gasteiger partial charge in [0, 0.05) is 18.0 Å². The topological polar surface area (TPSA) is 34.1 Å². The number of aromatic nitrogens is 1. The Bertz CT molecular complexity index is 381. The van der Waals surface area contributed by atoms with Crippen molar-refractivity contribution in [3.63, 3.8) is 0 Å². The molecule has 1 unspecified atom stereocenters. The minimum absolute atomic E-state index is 0.113. The second-order valence-electron chi connectivity index (χ2n) is 5.41. The lowest BCUT2D eigenvalue weighted by atomic mass is 9.97. The van der Waals surface area contributed by atoms with Gasteiger partial charge in [0.25, 0.3) is 0 Å². The molecule has 1 N–H and O–H groups in total. The van der Waals surface area contributed by atoms with Crippen molar-refractivity contribution in [1.29, 1.82) is 0 Å². The molecule has 3 nitrogen and oxygen atoms in total. The molecule has 1 atom stereocenters. The van der Waals surface area contributed by atoms with E-state index in [0.29, 0.717) is 12.6 Å². The molecule has 0 bridgehead atoms. The van der Waals surface area contributed by atoms with E-state index in [4.69, 9.17) is 9.72 Å². The van der Waals surface area contributed by atoms with E-state index in [1.54, 1.807) is 7.11 Å². The number of hydrogen-bond donors (Lipinski definition) is 1. The van der Waals surface area contributed by atoms with Gasteiger partial charge in [-0.05, 0) is 39.5 Å². The lowest BCUT2D eigenvalue weighted by Crippen LogP contribution is -2.49. The van der Waals surface area contributed by atoms with Gasteiger partial charge >= 0.3 is 0 Å². The summed E-state index contributed by atoms with van der Waals surface area (Å²) in [6.45, 7) is 7.26. The lowest BCUT2D eigenvalue weighted by molar-refractivity contribution is 0.0980. The number of nitrogens with zero attached hydrogens (tertiary/aromatic N) is 1. The maximum Gasteiger partial charge on any atom is 0.116 e. The van der Waals surface area contributed by atoms with E-state index in [1.165, 1.54) is 28.4 Å². The van der Waals surface area contributed by atoms with Gasteiger partial charge in [0.15, 0.2) is 0 Å². The third kappa shape index (κ3) is 2.60. The highest BCUT2D eigenvalue weighted by Crippen LogP contribution is 2.35. The van der Waals surface area contributed by atoms with E-state index in [0.717, 1.165) is 12.8 Å². The molecular formula is C14H24N2OS. The summed E-state index contributed by atoms with van der Waals surface area (Å²) in [5.41, 5.74) is 1.22. The van der Waals surface area contributed by atoms with Gasteiger partial charge in [0.05, 0.1) is 17.8 Å². The molecule has 0 saturated carbocycles. The summed E-state index contributed by atoms with van der Waals surface area (Å²) in [6.07, 6.45) is 4.64. The van der Waals surface area contributed by atoms with E-state index in [1.807, 2.05) is 11.3 Å². The van der Waals surface area contributed by atoms with Crippen molar-refractivity contribution in [3.05, 3.63) is 15.6 Å². The minimum atomic E-state index is -0.113. The van der Waals surface area contributed by atoms with Crippen LogP contribution in [0.3, 0.4) is 0 Å². The van der Waals surface area contributed by atoms with Crippen LogP contribution in [0.2, 0.25) is 0 Å². The second-order valence-corrected chi connectivity index (χ2v) is 6.49. The van der Waals surface area contributed by atoms with Gasteiger partial charge in [-0.25, -0.2) is 4.98 Å². The Labute approximate surface area is 114 Å². The summed E-state index contributed by atoms with van der Waals surface area (Å²) in [7, 11) is 1.77. The Kier molecular flexibility index (Phi) is 4.41. The van der Waals surface area contributed by atoms with Gasteiger partial charge in [-0.2, -0.15) is 0 Å². The highest BCUT2D eigenvalue weighted by molar-refractivity contribution is 7.12. The van der Waals surface area contributed by atoms with Crippen LogP contribution in [0.4, 0.5) is 0 Å². The molecule has 1 aliphatic rings. The van der Waals surface area contributed by atoms with Gasteiger partial charge in [0.1, 0.15) is 5.01 Å². The molecule has 1 aliphatic carbocycles. The summed E-state index contributed by atoms with van der Waals surface area (Å²) in [4.78, 5) is 6.37. The molecular weight excluding hydrogens is 244 g/mol. The van der Waals surface area contributed by atoms with Crippen molar-refractivity contribution in [2.24, 2.45) is 0 Å². The number of ether oxygens (including phenoxy) is 1. The van der Waals surface area contributed by atoms with Crippen LogP contribution in [0.15, 0.2) is 0 Å². The van der Waals surface area contributed by atoms with Crippen LogP contribution in [0, 0.1) is 0 Å². The quantitative estimate of drug-likeness (QED) is 0.861. The number of thiazole rings is 1. The van der Waals surface area contributed by atoms with E-state index >= 15 is 0 Å². The van der Waals surface area contributed by atoms with Crippen LogP contribution in [-0.2, 0) is 23.1 Å². The third-order valence-corrected chi connectivity index (χ3v) is 4.93. The average Bonchev–Trinajstić information content (AvgIpc) is 2.87. The molecule has 18 heavy (non-hydrogen) atoms. The molecule has 0 fully saturated rings. The first-order chi connectivity index (χ1) is 8.61. The monoisotopic (exact) mass is 268 g/mol. The van der Waals surface area contributed by atoms with Crippen molar-refractivity contribution in [2.45, 2.75) is 58.0 Å². The number of nitrogens with one attached hydrogen (secondary N) is 1. The van der Waals surface area contributed by atoms with Crippen LogP contribution in [0.5, 0.6) is 0 Å². The highest BCUT2D eigenvalue weighted by Gasteiger charge is 2.35. The van der Waals surface area contributed by atoms with Crippen LogP contribution >= 0.6 is 11.3 Å². The highest BCUT2D eigenvalue weighted by atomic mass is 32.1. The molecule has 1 heterocycles. The van der Waals surface area contributed by atoms with Crippen LogP contribution < -0.4 is 5.32 Å². The summed E-state index contributed by atoms with van der Waals surface area (Å²) in [6, 6.07) is 0.429. The minimum Gasteiger partial charge on any atom is -0.382 e. The largest absolute Gasteiger partial charge is 0.382 e. The van der Waals surface area contributed by atoms with Crippen molar-refractivity contribution >= 4 is 11.3 Å². The number of rotatable bonds is 6. The Balaban J connectivity index is 2.31. The van der Waals surface area contributed by atoms with Crippen molar-refractivity contribution < 1.29 is 4.74 Å². The van der Waals surface area contributed by atoms with Crippen LogP contribution in [0.1, 0.15) is 49.2 Å². The van der Waals surface area contributed by atoms with E-state index in [9.17, 15) is 0 Å². The molecule has 1 aromatic rings. The molecule has 102 valence electrons. The normalized spacial score (nSPS) is 18.1. The molecule has 0 aromatic carbocycles. The molecule has 2 rings (SSSR count). The SMILES string of the molecule is CCC(COC)(NC(C)C)c1nc2c(s1)CCC2. The first-order valence-electron chi connectivity index (χ1n) is 6.87. The van der Waals surface area contributed by atoms with E-state index < -0.39 is 0 Å². The van der Waals surface area contributed by atoms with Crippen LogP contribution in [-0.4, -0.2) is 24.7 Å². The number of aryl methyl sites for hydroxylation is 2. The Morgan fingerprint density at radius 3 is 2.78 bits per heavy atom. The number of fused-ring (bicyclic) bond motifs is 1. The fraction of sp³-hybridized carbons (Fsp3) is 0.786. The standard InChI is InChI=1S/C14H24N2OS/c1-5-14(9-17-4,16-10(2)3)13-15-11-7-6-8-12(11)18-13/h10,16H,5-9H2,1-4H3. The Hall–Kier alpha value is -0.450. The van der Waals surface area contributed by atoms with Gasteiger partial charge in [-0.15, -0.1) is 11.3 Å². The lowest BCUT2D eigenvalue weighted by Gasteiger charge is -2.33. The van der Waals surface area contributed by atoms with Gasteiger partial charge in [0.2, 0.25) is 0 Å². The molecule has 0 saturated heterocycles. The predicted octanol–water partition coefficient (Wildman–Crippen LogP) is 2.88. The fourth-order valence-corrected chi connectivity index (χ4v) is 4.07. The Morgan fingerprint density at radius 2 is 2.22 bits per heavy atom. The number of hydrogen-bond acceptors (Lipinski definition) is 4. The maximum atomic E-state index is 5.46. The van der Waals surface area contributed by atoms with Crippen molar-refractivity contribution in [2.75, 3.05) is 13.7 Å². The van der Waals surface area contributed by atoms with Gasteiger partial charge < -0.3 is 10.1 Å². The summed E-state index contributed by atoms with van der Waals surface area (Å²) >= 11 is 1.88. The zero-order valence-corrected chi connectivity index (χ0v) is 12.7. The molecule has 1 aromatic heterocycles. The van der Waals surface area contributed by atoms with E-state index in [2.05, 4.69) is 26.1 Å². The van der Waals surface area contributed by atoms with E-state index in [-0.39, 0.29) is 5.54 Å². The Morgan fingerprint density at radius 1 is 1.44 bits per heavy atom. The molecule has 0 aliphatic heterocycles. The molecule has 0 amide bonds. The van der Waals surface area contributed by atoms with Crippen molar-refractivity contribution in [1.82, 2.24) is 10.3 Å².